The molecule has 0 saturated heterocycles. The molecular formula is C26H32N4O4. The SMILES string of the molecule is CCOC(=O)c1ccc2c(c1)NC(=O)/C2=C\CCCNc1ccc(N(C)C(=O)CN(C)C)cc1. The third-order valence-electron chi connectivity index (χ3n) is 5.45. The van der Waals surface area contributed by atoms with Crippen LogP contribution in [0.1, 0.15) is 35.7 Å². The average molecular weight is 465 g/mol. The molecule has 3 rings (SSSR count). The number of anilines is 3. The third kappa shape index (κ3) is 6.23. The Balaban J connectivity index is 1.50. The maximum Gasteiger partial charge on any atom is 0.338 e. The van der Waals surface area contributed by atoms with Crippen LogP contribution in [0.4, 0.5) is 17.1 Å². The van der Waals surface area contributed by atoms with Crippen LogP contribution in [0, 0.1) is 0 Å². The summed E-state index contributed by atoms with van der Waals surface area (Å²) in [7, 11) is 5.51. The number of amides is 2. The van der Waals surface area contributed by atoms with Gasteiger partial charge >= 0.3 is 5.97 Å². The Morgan fingerprint density at radius 2 is 1.82 bits per heavy atom. The highest BCUT2D eigenvalue weighted by Crippen LogP contribution is 2.33. The van der Waals surface area contributed by atoms with Crippen LogP contribution in [0.15, 0.2) is 48.5 Å². The van der Waals surface area contributed by atoms with Crippen LogP contribution in [-0.4, -0.2) is 63.5 Å². The van der Waals surface area contributed by atoms with Crippen LogP contribution in [-0.2, 0) is 14.3 Å². The molecule has 2 aromatic carbocycles. The summed E-state index contributed by atoms with van der Waals surface area (Å²) in [5.74, 6) is -0.524. The molecule has 0 fully saturated rings. The van der Waals surface area contributed by atoms with Gasteiger partial charge in [0.1, 0.15) is 0 Å². The second-order valence-corrected chi connectivity index (χ2v) is 8.36. The summed E-state index contributed by atoms with van der Waals surface area (Å²) in [5.41, 5.74) is 4.30. The van der Waals surface area contributed by atoms with E-state index in [0.717, 1.165) is 36.3 Å². The van der Waals surface area contributed by atoms with E-state index in [0.29, 0.717) is 30.0 Å². The highest BCUT2D eigenvalue weighted by Gasteiger charge is 2.25. The molecule has 34 heavy (non-hydrogen) atoms. The molecule has 0 radical (unpaired) electrons. The fraction of sp³-hybridized carbons (Fsp3) is 0.346. The zero-order valence-electron chi connectivity index (χ0n) is 20.2. The van der Waals surface area contributed by atoms with Gasteiger partial charge in [-0.3, -0.25) is 9.59 Å². The van der Waals surface area contributed by atoms with Crippen molar-refractivity contribution < 1.29 is 19.1 Å². The Morgan fingerprint density at radius 1 is 1.09 bits per heavy atom. The van der Waals surface area contributed by atoms with Crippen molar-refractivity contribution in [1.29, 1.82) is 0 Å². The van der Waals surface area contributed by atoms with E-state index in [-0.39, 0.29) is 11.8 Å². The van der Waals surface area contributed by atoms with E-state index in [9.17, 15) is 14.4 Å². The van der Waals surface area contributed by atoms with Crippen molar-refractivity contribution >= 4 is 40.4 Å². The van der Waals surface area contributed by atoms with Gasteiger partial charge in [0.15, 0.2) is 0 Å². The molecule has 0 spiro atoms. The maximum absolute atomic E-state index is 12.4. The van der Waals surface area contributed by atoms with E-state index in [2.05, 4.69) is 10.6 Å². The fourth-order valence-electron chi connectivity index (χ4n) is 3.64. The summed E-state index contributed by atoms with van der Waals surface area (Å²) in [5, 5.41) is 6.19. The van der Waals surface area contributed by atoms with Gasteiger partial charge in [-0.25, -0.2) is 4.79 Å². The molecule has 1 heterocycles. The minimum absolute atomic E-state index is 0.0355. The number of hydrogen-bond donors (Lipinski definition) is 2. The second-order valence-electron chi connectivity index (χ2n) is 8.36. The van der Waals surface area contributed by atoms with E-state index < -0.39 is 5.97 Å². The molecule has 180 valence electrons. The number of fused-ring (bicyclic) bond motifs is 1. The highest BCUT2D eigenvalue weighted by molar-refractivity contribution is 6.31. The number of benzene rings is 2. The molecule has 2 amide bonds. The lowest BCUT2D eigenvalue weighted by Crippen LogP contribution is -2.34. The van der Waals surface area contributed by atoms with Gasteiger partial charge < -0.3 is 25.2 Å². The number of nitrogens with one attached hydrogen (secondary N) is 2. The normalized spacial score (nSPS) is 13.6. The number of allylic oxidation sites excluding steroid dienone is 1. The van der Waals surface area contributed by atoms with Crippen LogP contribution in [0.5, 0.6) is 0 Å². The van der Waals surface area contributed by atoms with Crippen LogP contribution in [0.25, 0.3) is 5.57 Å². The highest BCUT2D eigenvalue weighted by atomic mass is 16.5. The predicted molar refractivity (Wildman–Crippen MR) is 135 cm³/mol. The molecule has 0 unspecified atom stereocenters. The van der Waals surface area contributed by atoms with E-state index in [1.54, 1.807) is 37.1 Å². The van der Waals surface area contributed by atoms with Crippen molar-refractivity contribution in [1.82, 2.24) is 4.90 Å². The van der Waals surface area contributed by atoms with Gasteiger partial charge in [0.05, 0.1) is 18.7 Å². The van der Waals surface area contributed by atoms with Crippen molar-refractivity contribution in [2.24, 2.45) is 0 Å². The number of carbonyl (C=O) groups excluding carboxylic acids is 3. The molecule has 1 aliphatic rings. The first kappa shape index (κ1) is 25.0. The number of esters is 1. The first-order valence-corrected chi connectivity index (χ1v) is 11.4. The van der Waals surface area contributed by atoms with E-state index in [1.165, 1.54) is 0 Å². The quantitative estimate of drug-likeness (QED) is 0.317. The molecule has 8 heteroatoms. The molecule has 1 aliphatic heterocycles. The van der Waals surface area contributed by atoms with E-state index >= 15 is 0 Å². The van der Waals surface area contributed by atoms with Gasteiger partial charge in [0.2, 0.25) is 5.91 Å². The van der Waals surface area contributed by atoms with E-state index in [1.807, 2.05) is 49.3 Å². The lowest BCUT2D eigenvalue weighted by molar-refractivity contribution is -0.119. The largest absolute Gasteiger partial charge is 0.462 e. The van der Waals surface area contributed by atoms with Crippen LogP contribution >= 0.6 is 0 Å². The summed E-state index contributed by atoms with van der Waals surface area (Å²) < 4.78 is 5.02. The second kappa shape index (κ2) is 11.5. The molecule has 0 saturated carbocycles. The Bertz CT molecular complexity index is 1080. The zero-order valence-corrected chi connectivity index (χ0v) is 20.2. The first-order chi connectivity index (χ1) is 16.3. The predicted octanol–water partition coefficient (Wildman–Crippen LogP) is 3.62. The van der Waals surface area contributed by atoms with Gasteiger partial charge in [-0.15, -0.1) is 0 Å². The molecule has 2 N–H and O–H groups in total. The molecule has 0 aliphatic carbocycles. The third-order valence-corrected chi connectivity index (χ3v) is 5.45. The zero-order chi connectivity index (χ0) is 24.7. The Hall–Kier alpha value is -3.65. The standard InChI is InChI=1S/C26H32N4O4/c1-5-34-26(33)18-9-14-21-22(25(32)28-23(21)16-18)8-6-7-15-27-19-10-12-20(13-11-19)30(4)24(31)17-29(2)3/h8-14,16,27H,5-7,15,17H2,1-4H3,(H,28,32)/b22-8-. The van der Waals surface area contributed by atoms with Crippen LogP contribution in [0.2, 0.25) is 0 Å². The van der Waals surface area contributed by atoms with Crippen molar-refractivity contribution in [2.45, 2.75) is 19.8 Å². The Kier molecular flexibility index (Phi) is 8.43. The number of carbonyl (C=O) groups is 3. The molecule has 0 aromatic heterocycles. The van der Waals surface area contributed by atoms with Crippen molar-refractivity contribution in [3.05, 3.63) is 59.7 Å². The topological polar surface area (TPSA) is 91.0 Å². The lowest BCUT2D eigenvalue weighted by atomic mass is 10.0. The lowest BCUT2D eigenvalue weighted by Gasteiger charge is -2.20. The summed E-state index contributed by atoms with van der Waals surface area (Å²) >= 11 is 0. The Morgan fingerprint density at radius 3 is 2.50 bits per heavy atom. The van der Waals surface area contributed by atoms with E-state index in [4.69, 9.17) is 4.74 Å². The van der Waals surface area contributed by atoms with Crippen LogP contribution in [0.3, 0.4) is 0 Å². The number of nitrogens with zero attached hydrogens (tertiary/aromatic N) is 2. The smallest absolute Gasteiger partial charge is 0.338 e. The van der Waals surface area contributed by atoms with Crippen LogP contribution < -0.4 is 15.5 Å². The number of hydrogen-bond acceptors (Lipinski definition) is 6. The molecule has 0 bridgehead atoms. The number of likely N-dealkylation sites (N-methyl/N-ethyl adjacent to an activating group) is 2. The Labute approximate surface area is 200 Å². The molecular weight excluding hydrogens is 432 g/mol. The maximum atomic E-state index is 12.4. The molecule has 0 atom stereocenters. The van der Waals surface area contributed by atoms with Crippen molar-refractivity contribution in [3.8, 4) is 0 Å². The fourth-order valence-corrected chi connectivity index (χ4v) is 3.64. The summed E-state index contributed by atoms with van der Waals surface area (Å²) in [6.07, 6.45) is 3.51. The van der Waals surface area contributed by atoms with Gasteiger partial charge in [-0.1, -0.05) is 12.1 Å². The number of rotatable bonds is 10. The monoisotopic (exact) mass is 464 g/mol. The summed E-state index contributed by atoms with van der Waals surface area (Å²) in [6, 6.07) is 12.9. The average Bonchev–Trinajstić information content (AvgIpc) is 3.12. The minimum Gasteiger partial charge on any atom is -0.462 e. The molecule has 2 aromatic rings. The minimum atomic E-state index is -0.400. The summed E-state index contributed by atoms with van der Waals surface area (Å²) in [6.45, 7) is 3.17. The van der Waals surface area contributed by atoms with Gasteiger partial charge in [0, 0.05) is 41.8 Å². The number of ether oxygens (including phenoxy) is 1. The number of unbranched alkanes of at least 4 members (excludes halogenated alkanes) is 1. The van der Waals surface area contributed by atoms with Gasteiger partial charge in [-0.05, 0) is 70.3 Å². The van der Waals surface area contributed by atoms with Crippen molar-refractivity contribution in [2.75, 3.05) is 56.4 Å². The molecule has 8 nitrogen and oxygen atoms in total. The van der Waals surface area contributed by atoms with Gasteiger partial charge in [0.25, 0.3) is 5.91 Å². The van der Waals surface area contributed by atoms with Crippen molar-refractivity contribution in [3.63, 3.8) is 0 Å². The summed E-state index contributed by atoms with van der Waals surface area (Å²) in [4.78, 5) is 40.0. The van der Waals surface area contributed by atoms with Gasteiger partial charge in [-0.2, -0.15) is 0 Å². The first-order valence-electron chi connectivity index (χ1n) is 11.4.